The summed E-state index contributed by atoms with van der Waals surface area (Å²) in [6.45, 7) is 2.45. The fraction of sp³-hybridized carbons (Fsp3) is 0.167. The highest BCUT2D eigenvalue weighted by atomic mass is 16.5. The summed E-state index contributed by atoms with van der Waals surface area (Å²) in [6, 6.07) is 15.8. The molecular formula is C18H17NO2. The third-order valence-corrected chi connectivity index (χ3v) is 3.51. The van der Waals surface area contributed by atoms with Crippen LogP contribution in [0.25, 0.3) is 5.52 Å². The first-order valence-electron chi connectivity index (χ1n) is 7.02. The van der Waals surface area contributed by atoms with Gasteiger partial charge < -0.3 is 9.14 Å². The summed E-state index contributed by atoms with van der Waals surface area (Å²) in [5.74, 6) is -0.272. The number of benzene rings is 1. The van der Waals surface area contributed by atoms with Gasteiger partial charge in [-0.2, -0.15) is 0 Å². The molecule has 0 aliphatic carbocycles. The van der Waals surface area contributed by atoms with Gasteiger partial charge in [0.05, 0.1) is 12.2 Å². The number of carbonyl (C=O) groups excluding carboxylic acids is 1. The van der Waals surface area contributed by atoms with E-state index in [2.05, 4.69) is 31.2 Å². The summed E-state index contributed by atoms with van der Waals surface area (Å²) in [6.07, 6.45) is 4.55. The van der Waals surface area contributed by atoms with Crippen molar-refractivity contribution in [1.29, 1.82) is 0 Å². The van der Waals surface area contributed by atoms with Gasteiger partial charge >= 0.3 is 5.97 Å². The molecule has 2 aromatic heterocycles. The second-order valence-corrected chi connectivity index (χ2v) is 5.13. The average Bonchev–Trinajstić information content (AvgIpc) is 2.96. The van der Waals surface area contributed by atoms with Gasteiger partial charge in [-0.25, -0.2) is 4.79 Å². The number of esters is 1. The van der Waals surface area contributed by atoms with Crippen LogP contribution in [0.15, 0.2) is 60.9 Å². The van der Waals surface area contributed by atoms with Crippen molar-refractivity contribution in [3.8, 4) is 0 Å². The lowest BCUT2D eigenvalue weighted by atomic mass is 10.1. The molecule has 0 unspecified atom stereocenters. The van der Waals surface area contributed by atoms with E-state index in [1.54, 1.807) is 6.07 Å². The molecule has 1 aromatic carbocycles. The van der Waals surface area contributed by atoms with Crippen molar-refractivity contribution in [3.05, 3.63) is 77.6 Å². The molecule has 0 aliphatic heterocycles. The van der Waals surface area contributed by atoms with E-state index in [4.69, 9.17) is 4.74 Å². The summed E-state index contributed by atoms with van der Waals surface area (Å²) in [5, 5.41) is 0. The van der Waals surface area contributed by atoms with Crippen molar-refractivity contribution in [1.82, 2.24) is 4.40 Å². The van der Waals surface area contributed by atoms with Crippen LogP contribution in [0, 0.1) is 6.92 Å². The molecule has 0 amide bonds. The maximum atomic E-state index is 12.0. The molecule has 0 fully saturated rings. The average molecular weight is 279 g/mol. The Hall–Kier alpha value is -2.55. The minimum Gasteiger partial charge on any atom is -0.462 e. The molecule has 0 aliphatic rings. The number of fused-ring (bicyclic) bond motifs is 1. The van der Waals surface area contributed by atoms with Crippen molar-refractivity contribution in [2.24, 2.45) is 0 Å². The number of hydrogen-bond acceptors (Lipinski definition) is 2. The van der Waals surface area contributed by atoms with E-state index in [9.17, 15) is 4.79 Å². The molecular weight excluding hydrogens is 262 g/mol. The second-order valence-electron chi connectivity index (χ2n) is 5.13. The molecule has 2 heterocycles. The summed E-state index contributed by atoms with van der Waals surface area (Å²) < 4.78 is 7.30. The highest BCUT2D eigenvalue weighted by Gasteiger charge is 2.07. The quantitative estimate of drug-likeness (QED) is 0.682. The zero-order valence-electron chi connectivity index (χ0n) is 12.0. The predicted octanol–water partition coefficient (Wildman–Crippen LogP) is 3.65. The van der Waals surface area contributed by atoms with Gasteiger partial charge in [0.25, 0.3) is 0 Å². The van der Waals surface area contributed by atoms with E-state index in [0.29, 0.717) is 12.2 Å². The molecule has 3 rings (SSSR count). The molecule has 106 valence electrons. The van der Waals surface area contributed by atoms with E-state index in [-0.39, 0.29) is 5.97 Å². The first kappa shape index (κ1) is 13.4. The molecule has 0 saturated heterocycles. The van der Waals surface area contributed by atoms with Crippen LogP contribution in [-0.2, 0) is 11.2 Å². The largest absolute Gasteiger partial charge is 0.462 e. The van der Waals surface area contributed by atoms with Crippen LogP contribution >= 0.6 is 0 Å². The van der Waals surface area contributed by atoms with Crippen LogP contribution < -0.4 is 0 Å². The number of hydrogen-bond donors (Lipinski definition) is 0. The molecule has 0 radical (unpaired) electrons. The zero-order valence-corrected chi connectivity index (χ0v) is 12.0. The Balaban J connectivity index is 1.59. The standard InChI is InChI=1S/C18H17NO2/c1-14-4-6-15(7-5-14)9-12-21-18(20)16-8-11-19-10-2-3-17(19)13-16/h2-8,10-11,13H,9,12H2,1H3. The fourth-order valence-corrected chi connectivity index (χ4v) is 2.26. The van der Waals surface area contributed by atoms with Gasteiger partial charge in [-0.15, -0.1) is 0 Å². The first-order chi connectivity index (χ1) is 10.2. The van der Waals surface area contributed by atoms with Gasteiger partial charge in [0.1, 0.15) is 0 Å². The Morgan fingerprint density at radius 2 is 1.90 bits per heavy atom. The minimum atomic E-state index is -0.272. The Labute approximate surface area is 123 Å². The monoisotopic (exact) mass is 279 g/mol. The summed E-state index contributed by atoms with van der Waals surface area (Å²) in [4.78, 5) is 12.0. The number of pyridine rings is 1. The van der Waals surface area contributed by atoms with E-state index >= 15 is 0 Å². The summed E-state index contributed by atoms with van der Waals surface area (Å²) >= 11 is 0. The van der Waals surface area contributed by atoms with Crippen molar-refractivity contribution >= 4 is 11.5 Å². The Morgan fingerprint density at radius 1 is 1.10 bits per heavy atom. The smallest absolute Gasteiger partial charge is 0.338 e. The molecule has 3 nitrogen and oxygen atoms in total. The van der Waals surface area contributed by atoms with Crippen molar-refractivity contribution < 1.29 is 9.53 Å². The number of aromatic nitrogens is 1. The van der Waals surface area contributed by atoms with E-state index in [1.807, 2.05) is 35.0 Å². The molecule has 0 N–H and O–H groups in total. The van der Waals surface area contributed by atoms with Crippen molar-refractivity contribution in [3.63, 3.8) is 0 Å². The summed E-state index contributed by atoms with van der Waals surface area (Å²) in [7, 11) is 0. The Morgan fingerprint density at radius 3 is 2.71 bits per heavy atom. The first-order valence-corrected chi connectivity index (χ1v) is 7.02. The summed E-state index contributed by atoms with van der Waals surface area (Å²) in [5.41, 5.74) is 3.99. The normalized spacial score (nSPS) is 10.7. The van der Waals surface area contributed by atoms with Crippen LogP contribution in [0.4, 0.5) is 0 Å². The SMILES string of the molecule is Cc1ccc(CCOC(=O)c2ccn3cccc3c2)cc1. The molecule has 3 heteroatoms. The molecule has 0 saturated carbocycles. The minimum absolute atomic E-state index is 0.272. The van der Waals surface area contributed by atoms with Gasteiger partial charge in [0.2, 0.25) is 0 Å². The van der Waals surface area contributed by atoms with Gasteiger partial charge in [0, 0.05) is 24.3 Å². The van der Waals surface area contributed by atoms with E-state index in [0.717, 1.165) is 11.9 Å². The Kier molecular flexibility index (Phi) is 3.73. The molecule has 0 atom stereocenters. The number of rotatable bonds is 4. The zero-order chi connectivity index (χ0) is 14.7. The van der Waals surface area contributed by atoms with E-state index in [1.165, 1.54) is 11.1 Å². The van der Waals surface area contributed by atoms with Crippen molar-refractivity contribution in [2.45, 2.75) is 13.3 Å². The van der Waals surface area contributed by atoms with Crippen LogP contribution in [0.2, 0.25) is 0 Å². The fourth-order valence-electron chi connectivity index (χ4n) is 2.26. The Bertz CT molecular complexity index is 756. The number of ether oxygens (including phenoxy) is 1. The lowest BCUT2D eigenvalue weighted by Crippen LogP contribution is -2.08. The highest BCUT2D eigenvalue weighted by molar-refractivity contribution is 5.90. The third-order valence-electron chi connectivity index (χ3n) is 3.51. The number of carbonyl (C=O) groups is 1. The topological polar surface area (TPSA) is 30.7 Å². The van der Waals surface area contributed by atoms with Crippen LogP contribution in [0.5, 0.6) is 0 Å². The predicted molar refractivity (Wildman–Crippen MR) is 82.6 cm³/mol. The van der Waals surface area contributed by atoms with Gasteiger partial charge in [-0.3, -0.25) is 0 Å². The molecule has 0 spiro atoms. The van der Waals surface area contributed by atoms with Crippen LogP contribution in [0.1, 0.15) is 21.5 Å². The highest BCUT2D eigenvalue weighted by Crippen LogP contribution is 2.10. The lowest BCUT2D eigenvalue weighted by molar-refractivity contribution is 0.0509. The second kappa shape index (κ2) is 5.83. The number of nitrogens with zero attached hydrogens (tertiary/aromatic N) is 1. The number of aryl methyl sites for hydroxylation is 1. The molecule has 21 heavy (non-hydrogen) atoms. The molecule has 3 aromatic rings. The lowest BCUT2D eigenvalue weighted by Gasteiger charge is -2.06. The maximum absolute atomic E-state index is 12.0. The van der Waals surface area contributed by atoms with Gasteiger partial charge in [0.15, 0.2) is 0 Å². The molecule has 0 bridgehead atoms. The van der Waals surface area contributed by atoms with E-state index < -0.39 is 0 Å². The van der Waals surface area contributed by atoms with Crippen molar-refractivity contribution in [2.75, 3.05) is 6.61 Å². The van der Waals surface area contributed by atoms with Crippen LogP contribution in [0.3, 0.4) is 0 Å². The van der Waals surface area contributed by atoms with Gasteiger partial charge in [-0.05, 0) is 36.8 Å². The third kappa shape index (κ3) is 3.14. The van der Waals surface area contributed by atoms with Gasteiger partial charge in [-0.1, -0.05) is 29.8 Å². The maximum Gasteiger partial charge on any atom is 0.338 e. The van der Waals surface area contributed by atoms with Crippen LogP contribution in [-0.4, -0.2) is 17.0 Å².